The Morgan fingerprint density at radius 2 is 1.71 bits per heavy atom. The average Bonchev–Trinajstić information content (AvgIpc) is 3.36. The molecule has 4 aromatic rings. The average molecular weight is 609 g/mol. The fourth-order valence-corrected chi connectivity index (χ4v) is 6.69. The number of ether oxygens (including phenoxy) is 2. The quantitative estimate of drug-likeness (QED) is 0.356. The number of aryl methyl sites for hydroxylation is 2. The summed E-state index contributed by atoms with van der Waals surface area (Å²) in [6, 6.07) is 4.68. The van der Waals surface area contributed by atoms with Crippen LogP contribution in [0.3, 0.4) is 0 Å². The largest absolute Gasteiger partial charge is 0.573 e. The molecule has 1 aliphatic heterocycles. The number of rotatable bonds is 5. The van der Waals surface area contributed by atoms with Crippen LogP contribution in [0.1, 0.15) is 46.0 Å². The number of morpholine rings is 1. The van der Waals surface area contributed by atoms with Gasteiger partial charge in [0.1, 0.15) is 11.5 Å². The van der Waals surface area contributed by atoms with Gasteiger partial charge in [0.25, 0.3) is 11.8 Å². The van der Waals surface area contributed by atoms with Crippen LogP contribution >= 0.6 is 0 Å². The van der Waals surface area contributed by atoms with Crippen LogP contribution in [0.4, 0.5) is 13.2 Å². The number of hydrogen-bond donors (Lipinski definition) is 1. The number of hydrogen-bond acceptors (Lipinski definition) is 8. The maximum Gasteiger partial charge on any atom is 0.573 e. The summed E-state index contributed by atoms with van der Waals surface area (Å²) in [5, 5.41) is 4.03. The number of primary amides is 1. The van der Waals surface area contributed by atoms with E-state index in [2.05, 4.69) is 9.89 Å². The molecule has 1 aliphatic rings. The second-order valence-electron chi connectivity index (χ2n) is 10.4. The van der Waals surface area contributed by atoms with Crippen molar-refractivity contribution in [1.29, 1.82) is 0 Å². The topological polar surface area (TPSA) is 147 Å². The molecule has 2 N–H and O–H groups in total. The lowest BCUT2D eigenvalue weighted by Gasteiger charge is -2.35. The number of amides is 2. The molecule has 0 aliphatic carbocycles. The Balaban J connectivity index is 1.96. The van der Waals surface area contributed by atoms with Crippen molar-refractivity contribution in [3.63, 3.8) is 0 Å². The zero-order valence-electron chi connectivity index (χ0n) is 23.2. The summed E-state index contributed by atoms with van der Waals surface area (Å²) >= 11 is 0. The Morgan fingerprint density at radius 3 is 2.24 bits per heavy atom. The lowest BCUT2D eigenvalue weighted by atomic mass is 9.96. The summed E-state index contributed by atoms with van der Waals surface area (Å²) in [7, 11) is -4.30. The van der Waals surface area contributed by atoms with Gasteiger partial charge in [-0.3, -0.25) is 9.59 Å². The normalized spacial score (nSPS) is 18.1. The summed E-state index contributed by atoms with van der Waals surface area (Å²) in [5.74, 6) is -2.10. The number of alkyl halides is 3. The van der Waals surface area contributed by atoms with Crippen molar-refractivity contribution in [2.75, 3.05) is 19.3 Å². The number of carbonyl (C=O) groups is 2. The standard InChI is InChI=1S/C27H27F3N4O7S/c1-12-10-33(11-13(2)39-12)26(36)19-8-17(40-27(28,29)30)9-21-23(19)18-6-16(22-14(3)32-41-15(22)4)7-20(25(31)35)24(18)34(21)42(5,37)38/h6-9,12-13H,10-11H2,1-5H3,(H2,31,35)/t12-,13+. The smallest absolute Gasteiger partial charge is 0.406 e. The van der Waals surface area contributed by atoms with E-state index in [1.54, 1.807) is 27.7 Å². The molecule has 5 rings (SSSR count). The van der Waals surface area contributed by atoms with Gasteiger partial charge in [0, 0.05) is 35.5 Å². The fourth-order valence-electron chi connectivity index (χ4n) is 5.66. The molecule has 0 unspecified atom stereocenters. The Morgan fingerprint density at radius 1 is 1.07 bits per heavy atom. The molecule has 15 heteroatoms. The van der Waals surface area contributed by atoms with Gasteiger partial charge in [-0.2, -0.15) is 0 Å². The van der Waals surface area contributed by atoms with Crippen molar-refractivity contribution in [1.82, 2.24) is 14.0 Å². The van der Waals surface area contributed by atoms with E-state index < -0.39 is 33.9 Å². The van der Waals surface area contributed by atoms with Gasteiger partial charge in [-0.25, -0.2) is 12.4 Å². The van der Waals surface area contributed by atoms with Gasteiger partial charge in [0.05, 0.1) is 46.3 Å². The highest BCUT2D eigenvalue weighted by molar-refractivity contribution is 7.89. The SMILES string of the molecule is Cc1noc(C)c1-c1cc(C(N)=O)c2c(c1)c1c(C(=O)N3C[C@@H](C)O[C@@H](C)C3)cc(OC(F)(F)F)cc1n2S(C)(=O)=O. The van der Waals surface area contributed by atoms with Crippen molar-refractivity contribution in [3.8, 4) is 16.9 Å². The van der Waals surface area contributed by atoms with E-state index in [0.717, 1.165) is 18.4 Å². The molecule has 2 amide bonds. The van der Waals surface area contributed by atoms with E-state index in [1.807, 2.05) is 0 Å². The summed E-state index contributed by atoms with van der Waals surface area (Å²) < 4.78 is 82.4. The maximum absolute atomic E-state index is 14.0. The van der Waals surface area contributed by atoms with Crippen LogP contribution in [0, 0.1) is 13.8 Å². The van der Waals surface area contributed by atoms with Crippen LogP contribution in [0.2, 0.25) is 0 Å². The Labute approximate surface area is 238 Å². The van der Waals surface area contributed by atoms with Crippen LogP contribution in [0.25, 0.3) is 32.9 Å². The second kappa shape index (κ2) is 10.0. The number of halogens is 3. The van der Waals surface area contributed by atoms with E-state index in [0.29, 0.717) is 26.6 Å². The summed E-state index contributed by atoms with van der Waals surface area (Å²) in [6.07, 6.45) is -5.06. The van der Waals surface area contributed by atoms with E-state index >= 15 is 0 Å². The van der Waals surface area contributed by atoms with Crippen LogP contribution in [-0.2, 0) is 14.8 Å². The molecular formula is C27H27F3N4O7S. The minimum Gasteiger partial charge on any atom is -0.406 e. The number of carbonyl (C=O) groups excluding carboxylic acids is 2. The third-order valence-electron chi connectivity index (χ3n) is 6.98. The van der Waals surface area contributed by atoms with E-state index in [9.17, 15) is 31.2 Å². The fraction of sp³-hybridized carbons (Fsp3) is 0.370. The van der Waals surface area contributed by atoms with E-state index in [-0.39, 0.29) is 58.2 Å². The molecule has 42 heavy (non-hydrogen) atoms. The molecule has 2 aromatic carbocycles. The molecule has 0 saturated carbocycles. The van der Waals surface area contributed by atoms with Gasteiger partial charge in [-0.1, -0.05) is 5.16 Å². The van der Waals surface area contributed by atoms with Crippen molar-refractivity contribution in [3.05, 3.63) is 46.8 Å². The van der Waals surface area contributed by atoms with Crippen LogP contribution < -0.4 is 10.5 Å². The summed E-state index contributed by atoms with van der Waals surface area (Å²) in [6.45, 7) is 7.07. The first-order valence-corrected chi connectivity index (χ1v) is 14.6. The van der Waals surface area contributed by atoms with Gasteiger partial charge in [-0.15, -0.1) is 13.2 Å². The van der Waals surface area contributed by atoms with Gasteiger partial charge in [0.15, 0.2) is 0 Å². The van der Waals surface area contributed by atoms with Crippen molar-refractivity contribution < 1.29 is 45.2 Å². The predicted molar refractivity (Wildman–Crippen MR) is 146 cm³/mol. The minimum absolute atomic E-state index is 0.00198. The van der Waals surface area contributed by atoms with Gasteiger partial charge in [0.2, 0.25) is 10.0 Å². The number of aromatic nitrogens is 2. The molecule has 1 fully saturated rings. The molecule has 0 radical (unpaired) electrons. The first-order chi connectivity index (χ1) is 19.5. The monoisotopic (exact) mass is 608 g/mol. The van der Waals surface area contributed by atoms with E-state index in [4.69, 9.17) is 15.0 Å². The molecular weight excluding hydrogens is 581 g/mol. The molecule has 11 nitrogen and oxygen atoms in total. The lowest BCUT2D eigenvalue weighted by Crippen LogP contribution is -2.48. The lowest BCUT2D eigenvalue weighted by molar-refractivity contribution is -0.274. The predicted octanol–water partition coefficient (Wildman–Crippen LogP) is 4.12. The first kappa shape index (κ1) is 29.4. The van der Waals surface area contributed by atoms with Gasteiger partial charge in [-0.05, 0) is 51.5 Å². The van der Waals surface area contributed by atoms with Crippen molar-refractivity contribution in [2.45, 2.75) is 46.3 Å². The Hall–Kier alpha value is -4.11. The van der Waals surface area contributed by atoms with Crippen molar-refractivity contribution in [2.24, 2.45) is 5.73 Å². The highest BCUT2D eigenvalue weighted by Gasteiger charge is 2.35. The Kier molecular flexibility index (Phi) is 7.01. The third-order valence-corrected chi connectivity index (χ3v) is 8.02. The molecule has 2 aromatic heterocycles. The number of nitrogens with two attached hydrogens (primary N) is 1. The highest BCUT2D eigenvalue weighted by Crippen LogP contribution is 2.42. The van der Waals surface area contributed by atoms with Crippen LogP contribution in [-0.4, -0.2) is 72.2 Å². The Bertz CT molecular complexity index is 1850. The molecule has 3 heterocycles. The summed E-state index contributed by atoms with van der Waals surface area (Å²) in [5.41, 5.74) is 6.06. The maximum atomic E-state index is 14.0. The highest BCUT2D eigenvalue weighted by atomic mass is 32.2. The molecule has 0 bridgehead atoms. The van der Waals surface area contributed by atoms with E-state index in [1.165, 1.54) is 17.0 Å². The zero-order valence-corrected chi connectivity index (χ0v) is 24.0. The molecule has 2 atom stereocenters. The zero-order chi connectivity index (χ0) is 30.9. The number of fused-ring (bicyclic) bond motifs is 3. The van der Waals surface area contributed by atoms with Crippen LogP contribution in [0.5, 0.6) is 5.75 Å². The third kappa shape index (κ3) is 5.17. The molecule has 224 valence electrons. The van der Waals surface area contributed by atoms with Gasteiger partial charge >= 0.3 is 6.36 Å². The van der Waals surface area contributed by atoms with Crippen LogP contribution in [0.15, 0.2) is 28.8 Å². The van der Waals surface area contributed by atoms with Gasteiger partial charge < -0.3 is 24.6 Å². The number of nitrogens with zero attached hydrogens (tertiary/aromatic N) is 3. The molecule has 1 saturated heterocycles. The first-order valence-electron chi connectivity index (χ1n) is 12.8. The van der Waals surface area contributed by atoms with Crippen molar-refractivity contribution >= 4 is 43.6 Å². The summed E-state index contributed by atoms with van der Waals surface area (Å²) in [4.78, 5) is 28.2. The minimum atomic E-state index is -5.15. The second-order valence-corrected chi connectivity index (χ2v) is 12.2. The number of benzene rings is 2. The molecule has 0 spiro atoms.